The van der Waals surface area contributed by atoms with Gasteiger partial charge in [-0.05, 0) is 48.7 Å². The summed E-state index contributed by atoms with van der Waals surface area (Å²) < 4.78 is 5.77. The summed E-state index contributed by atoms with van der Waals surface area (Å²) in [4.78, 5) is 11.0. The highest BCUT2D eigenvalue weighted by Gasteiger charge is 2.06. The maximum Gasteiger partial charge on any atom is 0.248 e. The molecule has 0 aliphatic heterocycles. The lowest BCUT2D eigenvalue weighted by Crippen LogP contribution is -2.10. The Kier molecular flexibility index (Phi) is 3.94. The molecule has 2 rings (SSSR count). The number of anilines is 1. The normalized spacial score (nSPS) is 10.3. The number of rotatable bonds is 4. The van der Waals surface area contributed by atoms with Crippen LogP contribution in [0.3, 0.4) is 0 Å². The van der Waals surface area contributed by atoms with Gasteiger partial charge in [0.05, 0.1) is 5.69 Å². The predicted octanol–water partition coefficient (Wildman–Crippen LogP) is 2.56. The molecule has 4 heteroatoms. The average Bonchev–Trinajstić information content (AvgIpc) is 2.38. The van der Waals surface area contributed by atoms with Gasteiger partial charge in [0, 0.05) is 5.56 Å². The van der Waals surface area contributed by atoms with Crippen LogP contribution in [0.5, 0.6) is 5.75 Å². The van der Waals surface area contributed by atoms with E-state index in [0.717, 1.165) is 16.7 Å². The number of ether oxygens (including phenoxy) is 1. The van der Waals surface area contributed by atoms with Crippen molar-refractivity contribution in [3.63, 3.8) is 0 Å². The van der Waals surface area contributed by atoms with Gasteiger partial charge in [0.25, 0.3) is 0 Å². The highest BCUT2D eigenvalue weighted by molar-refractivity contribution is 5.92. The maximum atomic E-state index is 11.0. The van der Waals surface area contributed by atoms with Crippen LogP contribution in [0.15, 0.2) is 36.4 Å². The molecular weight excluding hydrogens is 252 g/mol. The third-order valence-corrected chi connectivity index (χ3v) is 3.07. The van der Waals surface area contributed by atoms with E-state index in [0.29, 0.717) is 23.6 Å². The van der Waals surface area contributed by atoms with Crippen molar-refractivity contribution in [2.24, 2.45) is 5.73 Å². The molecule has 0 atom stereocenters. The first kappa shape index (κ1) is 13.9. The number of carbonyl (C=O) groups excluding carboxylic acids is 1. The molecular formula is C16H18N2O2. The second-order valence-corrected chi connectivity index (χ2v) is 4.85. The van der Waals surface area contributed by atoms with Crippen molar-refractivity contribution >= 4 is 11.6 Å². The largest absolute Gasteiger partial charge is 0.486 e. The Balaban J connectivity index is 2.11. The van der Waals surface area contributed by atoms with Crippen LogP contribution in [0.25, 0.3) is 0 Å². The van der Waals surface area contributed by atoms with Gasteiger partial charge in [-0.25, -0.2) is 0 Å². The molecule has 1 amide bonds. The second-order valence-electron chi connectivity index (χ2n) is 4.85. The van der Waals surface area contributed by atoms with Crippen molar-refractivity contribution in [2.75, 3.05) is 5.73 Å². The van der Waals surface area contributed by atoms with Crippen LogP contribution in [-0.2, 0) is 6.61 Å². The maximum absolute atomic E-state index is 11.0. The number of hydrogen-bond acceptors (Lipinski definition) is 3. The average molecular weight is 270 g/mol. The van der Waals surface area contributed by atoms with E-state index < -0.39 is 5.91 Å². The summed E-state index contributed by atoms with van der Waals surface area (Å²) in [5, 5.41) is 0. The van der Waals surface area contributed by atoms with Crippen LogP contribution in [0, 0.1) is 13.8 Å². The number of amides is 1. The predicted molar refractivity (Wildman–Crippen MR) is 79.6 cm³/mol. The summed E-state index contributed by atoms with van der Waals surface area (Å²) in [6, 6.07) is 10.9. The molecule has 0 aliphatic rings. The number of primary amides is 1. The van der Waals surface area contributed by atoms with Gasteiger partial charge in [-0.2, -0.15) is 0 Å². The minimum absolute atomic E-state index is 0.396. The Morgan fingerprint density at radius 3 is 2.35 bits per heavy atom. The molecule has 0 radical (unpaired) electrons. The molecule has 20 heavy (non-hydrogen) atoms. The number of carbonyl (C=O) groups is 1. The molecule has 104 valence electrons. The van der Waals surface area contributed by atoms with Gasteiger partial charge in [-0.3, -0.25) is 4.79 Å². The van der Waals surface area contributed by atoms with E-state index in [4.69, 9.17) is 16.2 Å². The minimum Gasteiger partial charge on any atom is -0.486 e. The van der Waals surface area contributed by atoms with Crippen LogP contribution < -0.4 is 16.2 Å². The number of benzene rings is 2. The Morgan fingerprint density at radius 2 is 1.80 bits per heavy atom. The number of hydrogen-bond donors (Lipinski definition) is 2. The lowest BCUT2D eigenvalue weighted by molar-refractivity contribution is 0.1000. The number of nitrogens with two attached hydrogens (primary N) is 2. The lowest BCUT2D eigenvalue weighted by atomic mass is 10.1. The van der Waals surface area contributed by atoms with Crippen molar-refractivity contribution in [1.29, 1.82) is 0 Å². The Bertz CT molecular complexity index is 610. The Morgan fingerprint density at radius 1 is 1.15 bits per heavy atom. The van der Waals surface area contributed by atoms with Crippen molar-refractivity contribution in [3.05, 3.63) is 58.7 Å². The monoisotopic (exact) mass is 270 g/mol. The molecule has 0 bridgehead atoms. The fourth-order valence-electron chi connectivity index (χ4n) is 2.11. The zero-order chi connectivity index (χ0) is 14.7. The first-order valence-corrected chi connectivity index (χ1v) is 6.35. The zero-order valence-corrected chi connectivity index (χ0v) is 11.6. The summed E-state index contributed by atoms with van der Waals surface area (Å²) in [6.45, 7) is 4.36. The van der Waals surface area contributed by atoms with Gasteiger partial charge >= 0.3 is 0 Å². The molecule has 0 aliphatic carbocycles. The lowest BCUT2D eigenvalue weighted by Gasteiger charge is -2.13. The summed E-state index contributed by atoms with van der Waals surface area (Å²) in [5.41, 5.74) is 15.4. The quantitative estimate of drug-likeness (QED) is 0.838. The molecule has 2 aromatic carbocycles. The first-order valence-electron chi connectivity index (χ1n) is 6.35. The molecule has 4 nitrogen and oxygen atoms in total. The molecule has 0 saturated heterocycles. The second kappa shape index (κ2) is 5.65. The van der Waals surface area contributed by atoms with Crippen molar-refractivity contribution in [1.82, 2.24) is 0 Å². The smallest absolute Gasteiger partial charge is 0.248 e. The minimum atomic E-state index is -0.434. The summed E-state index contributed by atoms with van der Waals surface area (Å²) >= 11 is 0. The van der Waals surface area contributed by atoms with E-state index in [2.05, 4.69) is 0 Å². The van der Waals surface area contributed by atoms with Gasteiger partial charge in [-0.15, -0.1) is 0 Å². The molecule has 2 aromatic rings. The molecule has 0 unspecified atom stereocenters. The van der Waals surface area contributed by atoms with Gasteiger partial charge in [0.1, 0.15) is 12.4 Å². The number of aryl methyl sites for hydroxylation is 2. The van der Waals surface area contributed by atoms with Crippen LogP contribution in [0.4, 0.5) is 5.69 Å². The molecule has 0 spiro atoms. The summed E-state index contributed by atoms with van der Waals surface area (Å²) in [5.74, 6) is 0.269. The first-order chi connectivity index (χ1) is 9.47. The van der Waals surface area contributed by atoms with Crippen LogP contribution in [0.1, 0.15) is 27.0 Å². The zero-order valence-electron chi connectivity index (χ0n) is 11.6. The van der Waals surface area contributed by atoms with E-state index in [1.807, 2.05) is 38.1 Å². The third-order valence-electron chi connectivity index (χ3n) is 3.07. The van der Waals surface area contributed by atoms with E-state index in [1.54, 1.807) is 12.1 Å². The van der Waals surface area contributed by atoms with Crippen molar-refractivity contribution in [2.45, 2.75) is 20.5 Å². The highest BCUT2D eigenvalue weighted by atomic mass is 16.5. The van der Waals surface area contributed by atoms with Gasteiger partial charge in [0.2, 0.25) is 5.91 Å². The topological polar surface area (TPSA) is 78.3 Å². The standard InChI is InChI=1S/C16H18N2O2/c1-10-7-11(2)15(14(17)8-10)20-9-12-3-5-13(6-4-12)16(18)19/h3-8H,9,17H2,1-2H3,(H2,18,19). The third kappa shape index (κ3) is 3.09. The van der Waals surface area contributed by atoms with Crippen molar-refractivity contribution in [3.8, 4) is 5.75 Å². The van der Waals surface area contributed by atoms with E-state index in [9.17, 15) is 4.79 Å². The molecule has 0 aromatic heterocycles. The molecule has 4 N–H and O–H groups in total. The summed E-state index contributed by atoms with van der Waals surface area (Å²) in [6.07, 6.45) is 0. The Hall–Kier alpha value is -2.49. The Labute approximate surface area is 118 Å². The molecule has 0 saturated carbocycles. The van der Waals surface area contributed by atoms with E-state index >= 15 is 0 Å². The summed E-state index contributed by atoms with van der Waals surface area (Å²) in [7, 11) is 0. The fourth-order valence-corrected chi connectivity index (χ4v) is 2.11. The van der Waals surface area contributed by atoms with E-state index in [1.165, 1.54) is 0 Å². The van der Waals surface area contributed by atoms with Gasteiger partial charge in [-0.1, -0.05) is 18.2 Å². The van der Waals surface area contributed by atoms with Crippen LogP contribution in [-0.4, -0.2) is 5.91 Å². The van der Waals surface area contributed by atoms with E-state index in [-0.39, 0.29) is 0 Å². The number of nitrogen functional groups attached to an aromatic ring is 1. The van der Waals surface area contributed by atoms with Crippen LogP contribution in [0.2, 0.25) is 0 Å². The van der Waals surface area contributed by atoms with Gasteiger partial charge < -0.3 is 16.2 Å². The van der Waals surface area contributed by atoms with Crippen molar-refractivity contribution < 1.29 is 9.53 Å². The SMILES string of the molecule is Cc1cc(C)c(OCc2ccc(C(N)=O)cc2)c(N)c1. The van der Waals surface area contributed by atoms with Crippen LogP contribution >= 0.6 is 0 Å². The highest BCUT2D eigenvalue weighted by Crippen LogP contribution is 2.28. The molecule has 0 fully saturated rings. The molecule has 0 heterocycles. The fraction of sp³-hybridized carbons (Fsp3) is 0.188. The van der Waals surface area contributed by atoms with Gasteiger partial charge in [0.15, 0.2) is 0 Å².